The second-order valence-electron chi connectivity index (χ2n) is 4.30. The van der Waals surface area contributed by atoms with E-state index in [4.69, 9.17) is 0 Å². The third-order valence-electron chi connectivity index (χ3n) is 3.15. The molecular weight excluding hydrogens is 138 g/mol. The molecule has 2 heteroatoms. The molecule has 1 saturated heterocycles. The van der Waals surface area contributed by atoms with Crippen LogP contribution in [0.1, 0.15) is 32.6 Å². The minimum absolute atomic E-state index is 0.263. The second-order valence-corrected chi connectivity index (χ2v) is 4.30. The largest absolute Gasteiger partial charge is 0.356 e. The Morgan fingerprint density at radius 2 is 2.45 bits per heavy atom. The molecule has 0 aromatic carbocycles. The van der Waals surface area contributed by atoms with Gasteiger partial charge in [0.05, 0.1) is 0 Å². The summed E-state index contributed by atoms with van der Waals surface area (Å²) in [5.41, 5.74) is 0.372. The summed E-state index contributed by atoms with van der Waals surface area (Å²) in [5.74, 6) is 1.10. The van der Waals surface area contributed by atoms with Crippen molar-refractivity contribution in [1.29, 1.82) is 0 Å². The van der Waals surface area contributed by atoms with E-state index in [0.717, 1.165) is 18.9 Å². The summed E-state index contributed by atoms with van der Waals surface area (Å²) in [6.45, 7) is 3.23. The molecule has 1 amide bonds. The van der Waals surface area contributed by atoms with Gasteiger partial charge in [-0.1, -0.05) is 13.3 Å². The monoisotopic (exact) mass is 153 g/mol. The SMILES string of the molecule is C[C@@H]1CC[C@]2(CNC(=O)C2)C1. The fraction of sp³-hybridized carbons (Fsp3) is 0.889. The van der Waals surface area contributed by atoms with E-state index in [0.29, 0.717) is 5.41 Å². The quantitative estimate of drug-likeness (QED) is 0.558. The molecule has 2 nitrogen and oxygen atoms in total. The molecular formula is C9H15NO. The topological polar surface area (TPSA) is 29.1 Å². The number of amides is 1. The van der Waals surface area contributed by atoms with Crippen LogP contribution in [0.4, 0.5) is 0 Å². The second kappa shape index (κ2) is 2.23. The molecule has 0 radical (unpaired) electrons. The molecule has 0 aromatic rings. The van der Waals surface area contributed by atoms with Crippen LogP contribution in [0.5, 0.6) is 0 Å². The van der Waals surface area contributed by atoms with Crippen molar-refractivity contribution >= 4 is 5.91 Å². The normalized spacial score (nSPS) is 43.4. The summed E-state index contributed by atoms with van der Waals surface area (Å²) in [7, 11) is 0. The predicted molar refractivity (Wildman–Crippen MR) is 43.1 cm³/mol. The van der Waals surface area contributed by atoms with Crippen molar-refractivity contribution in [3.05, 3.63) is 0 Å². The molecule has 1 heterocycles. The van der Waals surface area contributed by atoms with Gasteiger partial charge in [-0.3, -0.25) is 4.79 Å². The Balaban J connectivity index is 2.07. The lowest BCUT2D eigenvalue weighted by Gasteiger charge is -2.19. The van der Waals surface area contributed by atoms with Crippen molar-refractivity contribution in [2.45, 2.75) is 32.6 Å². The van der Waals surface area contributed by atoms with Gasteiger partial charge in [0.15, 0.2) is 0 Å². The summed E-state index contributed by atoms with van der Waals surface area (Å²) in [4.78, 5) is 11.0. The number of hydrogen-bond acceptors (Lipinski definition) is 1. The minimum Gasteiger partial charge on any atom is -0.356 e. The fourth-order valence-corrected chi connectivity index (χ4v) is 2.57. The summed E-state index contributed by atoms with van der Waals surface area (Å²) in [6, 6.07) is 0. The number of carbonyl (C=O) groups excluding carboxylic acids is 1. The third-order valence-corrected chi connectivity index (χ3v) is 3.15. The molecule has 1 aliphatic carbocycles. The molecule has 2 atom stereocenters. The number of carbonyl (C=O) groups is 1. The molecule has 62 valence electrons. The Hall–Kier alpha value is -0.530. The van der Waals surface area contributed by atoms with Crippen LogP contribution in [0.2, 0.25) is 0 Å². The predicted octanol–water partition coefficient (Wildman–Crippen LogP) is 1.31. The number of hydrogen-bond donors (Lipinski definition) is 1. The van der Waals surface area contributed by atoms with Crippen LogP contribution in [0.3, 0.4) is 0 Å². The first-order valence-corrected chi connectivity index (χ1v) is 4.47. The molecule has 11 heavy (non-hydrogen) atoms. The molecule has 1 saturated carbocycles. The van der Waals surface area contributed by atoms with Gasteiger partial charge in [0.2, 0.25) is 5.91 Å². The van der Waals surface area contributed by atoms with Gasteiger partial charge in [0, 0.05) is 13.0 Å². The first kappa shape index (κ1) is 7.14. The summed E-state index contributed by atoms with van der Waals surface area (Å²) in [5, 5.41) is 2.93. The van der Waals surface area contributed by atoms with Crippen LogP contribution in [0.15, 0.2) is 0 Å². The van der Waals surface area contributed by atoms with Crippen molar-refractivity contribution in [2.75, 3.05) is 6.54 Å². The Bertz CT molecular complexity index is 190. The Labute approximate surface area is 67.4 Å². The van der Waals surface area contributed by atoms with Crippen molar-refractivity contribution in [2.24, 2.45) is 11.3 Å². The van der Waals surface area contributed by atoms with E-state index in [1.54, 1.807) is 0 Å². The van der Waals surface area contributed by atoms with Gasteiger partial charge < -0.3 is 5.32 Å². The highest BCUT2D eigenvalue weighted by molar-refractivity contribution is 5.79. The molecule has 2 fully saturated rings. The average Bonchev–Trinajstić information content (AvgIpc) is 2.44. The highest BCUT2D eigenvalue weighted by Crippen LogP contribution is 2.45. The van der Waals surface area contributed by atoms with E-state index in [2.05, 4.69) is 12.2 Å². The first-order chi connectivity index (χ1) is 5.20. The van der Waals surface area contributed by atoms with Crippen LogP contribution in [-0.2, 0) is 4.79 Å². The lowest BCUT2D eigenvalue weighted by atomic mass is 9.85. The van der Waals surface area contributed by atoms with E-state index < -0.39 is 0 Å². The van der Waals surface area contributed by atoms with Crippen LogP contribution < -0.4 is 5.32 Å². The maximum Gasteiger partial charge on any atom is 0.220 e. The third kappa shape index (κ3) is 1.15. The van der Waals surface area contributed by atoms with Gasteiger partial charge in [0.25, 0.3) is 0 Å². The van der Waals surface area contributed by atoms with Gasteiger partial charge in [-0.2, -0.15) is 0 Å². The standard InChI is InChI=1S/C9H15NO/c1-7-2-3-9(4-7)5-8(11)10-6-9/h7H,2-6H2,1H3,(H,10,11)/t7-,9+/m1/s1. The zero-order valence-corrected chi connectivity index (χ0v) is 7.02. The maximum absolute atomic E-state index is 11.0. The molecule has 2 rings (SSSR count). The lowest BCUT2D eigenvalue weighted by molar-refractivity contribution is -0.119. The van der Waals surface area contributed by atoms with E-state index in [1.165, 1.54) is 19.3 Å². The minimum atomic E-state index is 0.263. The van der Waals surface area contributed by atoms with E-state index in [-0.39, 0.29) is 5.91 Å². The smallest absolute Gasteiger partial charge is 0.220 e. The molecule has 2 aliphatic rings. The van der Waals surface area contributed by atoms with Gasteiger partial charge in [-0.15, -0.1) is 0 Å². The van der Waals surface area contributed by atoms with Crippen LogP contribution in [0, 0.1) is 11.3 Å². The molecule has 0 aromatic heterocycles. The molecule has 0 unspecified atom stereocenters. The molecule has 1 aliphatic heterocycles. The maximum atomic E-state index is 11.0. The fourth-order valence-electron chi connectivity index (χ4n) is 2.57. The Kier molecular flexibility index (Phi) is 1.44. The zero-order valence-electron chi connectivity index (χ0n) is 7.02. The van der Waals surface area contributed by atoms with E-state index in [9.17, 15) is 4.79 Å². The number of rotatable bonds is 0. The van der Waals surface area contributed by atoms with Crippen LogP contribution >= 0.6 is 0 Å². The molecule has 1 spiro atoms. The van der Waals surface area contributed by atoms with Gasteiger partial charge in [-0.25, -0.2) is 0 Å². The summed E-state index contributed by atoms with van der Waals surface area (Å²) in [6.07, 6.45) is 4.62. The summed E-state index contributed by atoms with van der Waals surface area (Å²) < 4.78 is 0. The molecule has 0 bridgehead atoms. The molecule has 1 N–H and O–H groups in total. The van der Waals surface area contributed by atoms with E-state index in [1.807, 2.05) is 0 Å². The summed E-state index contributed by atoms with van der Waals surface area (Å²) >= 11 is 0. The van der Waals surface area contributed by atoms with Crippen molar-refractivity contribution in [3.63, 3.8) is 0 Å². The highest BCUT2D eigenvalue weighted by Gasteiger charge is 2.42. The van der Waals surface area contributed by atoms with Crippen molar-refractivity contribution in [3.8, 4) is 0 Å². The zero-order chi connectivity index (χ0) is 7.90. The van der Waals surface area contributed by atoms with E-state index >= 15 is 0 Å². The highest BCUT2D eigenvalue weighted by atomic mass is 16.1. The average molecular weight is 153 g/mol. The van der Waals surface area contributed by atoms with Crippen LogP contribution in [0.25, 0.3) is 0 Å². The van der Waals surface area contributed by atoms with Gasteiger partial charge in [-0.05, 0) is 24.2 Å². The van der Waals surface area contributed by atoms with Crippen molar-refractivity contribution < 1.29 is 4.79 Å². The lowest BCUT2D eigenvalue weighted by Crippen LogP contribution is -2.20. The van der Waals surface area contributed by atoms with Gasteiger partial charge >= 0.3 is 0 Å². The van der Waals surface area contributed by atoms with Crippen LogP contribution in [-0.4, -0.2) is 12.5 Å². The number of nitrogens with one attached hydrogen (secondary N) is 1. The van der Waals surface area contributed by atoms with Crippen molar-refractivity contribution in [1.82, 2.24) is 5.32 Å². The Morgan fingerprint density at radius 3 is 2.91 bits per heavy atom. The first-order valence-electron chi connectivity index (χ1n) is 4.47. The Morgan fingerprint density at radius 1 is 1.64 bits per heavy atom. The van der Waals surface area contributed by atoms with Gasteiger partial charge in [0.1, 0.15) is 0 Å².